The predicted molar refractivity (Wildman–Crippen MR) is 41.8 cm³/mol. The number of carboxylic acids is 1. The van der Waals surface area contributed by atoms with E-state index in [1.54, 1.807) is 0 Å². The third-order valence-electron chi connectivity index (χ3n) is 1.23. The van der Waals surface area contributed by atoms with Crippen LogP contribution in [0.15, 0.2) is 0 Å². The van der Waals surface area contributed by atoms with Crippen molar-refractivity contribution in [3.63, 3.8) is 0 Å². The first-order valence-corrected chi connectivity index (χ1v) is 3.90. The number of carbonyl (C=O) groups is 1. The molecule has 0 saturated heterocycles. The molecule has 1 N–H and O–H groups in total. The molecule has 0 radical (unpaired) electrons. The largest absolute Gasteiger partial charge is 0.480 e. The summed E-state index contributed by atoms with van der Waals surface area (Å²) in [7, 11) is 0. The summed E-state index contributed by atoms with van der Waals surface area (Å²) in [4.78, 5) is 9.21. The second-order valence-corrected chi connectivity index (χ2v) is 3.51. The lowest BCUT2D eigenvalue weighted by Gasteiger charge is -2.14. The number of halogens is 2. The molecule has 0 aromatic rings. The van der Waals surface area contributed by atoms with Crippen LogP contribution in [0.4, 0.5) is 0 Å². The number of aliphatic carboxylic acids is 1. The smallest absolute Gasteiger partial charge is 0.324 e. The highest BCUT2D eigenvalue weighted by molar-refractivity contribution is 6.33. The van der Waals surface area contributed by atoms with E-state index < -0.39 is 10.8 Å². The van der Waals surface area contributed by atoms with Crippen LogP contribution >= 0.6 is 23.2 Å². The van der Waals surface area contributed by atoms with Gasteiger partial charge in [-0.25, -0.2) is 0 Å². The van der Waals surface area contributed by atoms with Gasteiger partial charge in [0.1, 0.15) is 4.87 Å². The minimum atomic E-state index is -1.14. The van der Waals surface area contributed by atoms with E-state index in [2.05, 4.69) is 0 Å². The quantitative estimate of drug-likeness (QED) is 0.680. The first-order valence-electron chi connectivity index (χ1n) is 2.99. The first-order chi connectivity index (χ1) is 4.50. The van der Waals surface area contributed by atoms with Gasteiger partial charge < -0.3 is 5.11 Å². The van der Waals surface area contributed by atoms with Crippen LogP contribution in [-0.2, 0) is 4.79 Å². The lowest BCUT2D eigenvalue weighted by atomic mass is 10.1. The average molecular weight is 185 g/mol. The summed E-state index contributed by atoms with van der Waals surface area (Å²) in [6, 6.07) is 0. The van der Waals surface area contributed by atoms with Crippen molar-refractivity contribution in [2.45, 2.75) is 24.6 Å². The van der Waals surface area contributed by atoms with Crippen molar-refractivity contribution >= 4 is 29.2 Å². The van der Waals surface area contributed by atoms with Gasteiger partial charge in [0.25, 0.3) is 0 Å². The third-order valence-corrected chi connectivity index (χ3v) is 1.84. The van der Waals surface area contributed by atoms with Crippen LogP contribution in [0.3, 0.4) is 0 Å². The van der Waals surface area contributed by atoms with Gasteiger partial charge >= 0.3 is 5.97 Å². The minimum Gasteiger partial charge on any atom is -0.480 e. The van der Waals surface area contributed by atoms with Crippen LogP contribution in [0, 0.1) is 0 Å². The SMILES string of the molecule is CC(Cl)(CCCCl)C(=O)O. The van der Waals surface area contributed by atoms with Crippen molar-refractivity contribution in [3.05, 3.63) is 0 Å². The molecular formula is C6H10Cl2O2. The molecule has 0 saturated carbocycles. The Bertz CT molecular complexity index is 123. The maximum Gasteiger partial charge on any atom is 0.324 e. The van der Waals surface area contributed by atoms with Gasteiger partial charge in [0.05, 0.1) is 0 Å². The van der Waals surface area contributed by atoms with E-state index in [9.17, 15) is 4.79 Å². The number of rotatable bonds is 4. The van der Waals surface area contributed by atoms with Crippen molar-refractivity contribution in [2.24, 2.45) is 0 Å². The summed E-state index contributed by atoms with van der Waals surface area (Å²) in [5, 5.41) is 8.49. The molecule has 1 atom stereocenters. The topological polar surface area (TPSA) is 37.3 Å². The molecule has 60 valence electrons. The Labute approximate surface area is 70.1 Å². The van der Waals surface area contributed by atoms with Crippen LogP contribution < -0.4 is 0 Å². The zero-order valence-corrected chi connectivity index (χ0v) is 7.24. The van der Waals surface area contributed by atoms with Gasteiger partial charge in [-0.15, -0.1) is 23.2 Å². The standard InChI is InChI=1S/C6H10Cl2O2/c1-6(8,5(9)10)3-2-4-7/h2-4H2,1H3,(H,9,10). The molecule has 2 nitrogen and oxygen atoms in total. The molecule has 10 heavy (non-hydrogen) atoms. The van der Waals surface area contributed by atoms with Crippen LogP contribution in [-0.4, -0.2) is 21.8 Å². The number of hydrogen-bond acceptors (Lipinski definition) is 1. The Morgan fingerprint density at radius 2 is 2.20 bits per heavy atom. The van der Waals surface area contributed by atoms with E-state index in [0.29, 0.717) is 18.7 Å². The summed E-state index contributed by atoms with van der Waals surface area (Å²) < 4.78 is 0. The van der Waals surface area contributed by atoms with Crippen LogP contribution in [0.25, 0.3) is 0 Å². The van der Waals surface area contributed by atoms with Gasteiger partial charge in [-0.2, -0.15) is 0 Å². The van der Waals surface area contributed by atoms with E-state index >= 15 is 0 Å². The Morgan fingerprint density at radius 1 is 1.70 bits per heavy atom. The maximum absolute atomic E-state index is 10.4. The van der Waals surface area contributed by atoms with Crippen molar-refractivity contribution < 1.29 is 9.90 Å². The molecule has 0 heterocycles. The third kappa shape index (κ3) is 3.28. The molecule has 0 rings (SSSR count). The van der Waals surface area contributed by atoms with Gasteiger partial charge in [-0.3, -0.25) is 4.79 Å². The molecular weight excluding hydrogens is 175 g/mol. The molecule has 0 spiro atoms. The minimum absolute atomic E-state index is 0.410. The van der Waals surface area contributed by atoms with E-state index in [1.165, 1.54) is 6.92 Å². The summed E-state index contributed by atoms with van der Waals surface area (Å²) in [6.07, 6.45) is 1.04. The fraction of sp³-hybridized carbons (Fsp3) is 0.833. The average Bonchev–Trinajstić information content (AvgIpc) is 1.84. The van der Waals surface area contributed by atoms with Crippen molar-refractivity contribution in [1.29, 1.82) is 0 Å². The zero-order valence-electron chi connectivity index (χ0n) is 5.73. The predicted octanol–water partition coefficient (Wildman–Crippen LogP) is 2.09. The highest BCUT2D eigenvalue weighted by Crippen LogP contribution is 2.21. The Balaban J connectivity index is 3.75. The fourth-order valence-corrected chi connectivity index (χ4v) is 0.773. The lowest BCUT2D eigenvalue weighted by molar-refractivity contribution is -0.139. The summed E-state index contributed by atoms with van der Waals surface area (Å²) in [5.74, 6) is -0.533. The molecule has 0 aromatic carbocycles. The maximum atomic E-state index is 10.4. The van der Waals surface area contributed by atoms with Crippen molar-refractivity contribution in [3.8, 4) is 0 Å². The normalized spacial score (nSPS) is 16.3. The molecule has 0 bridgehead atoms. The van der Waals surface area contributed by atoms with Crippen molar-refractivity contribution in [2.75, 3.05) is 5.88 Å². The monoisotopic (exact) mass is 184 g/mol. The molecule has 0 aliphatic rings. The van der Waals surface area contributed by atoms with Crippen LogP contribution in [0.5, 0.6) is 0 Å². The summed E-state index contributed by atoms with van der Waals surface area (Å²) >= 11 is 11.0. The molecule has 0 aliphatic heterocycles. The number of carboxylic acid groups (broad SMARTS) is 1. The van der Waals surface area contributed by atoms with Gasteiger partial charge in [0.15, 0.2) is 0 Å². The van der Waals surface area contributed by atoms with Crippen LogP contribution in [0.2, 0.25) is 0 Å². The molecule has 0 fully saturated rings. The Morgan fingerprint density at radius 3 is 2.50 bits per heavy atom. The lowest BCUT2D eigenvalue weighted by Crippen LogP contribution is -2.28. The van der Waals surface area contributed by atoms with Gasteiger partial charge in [-0.05, 0) is 19.8 Å². The molecule has 0 amide bonds. The van der Waals surface area contributed by atoms with Gasteiger partial charge in [0, 0.05) is 5.88 Å². The van der Waals surface area contributed by atoms with E-state index in [4.69, 9.17) is 28.3 Å². The molecule has 0 aliphatic carbocycles. The fourth-order valence-electron chi connectivity index (χ4n) is 0.506. The Kier molecular flexibility index (Phi) is 4.06. The highest BCUT2D eigenvalue weighted by atomic mass is 35.5. The number of alkyl halides is 2. The van der Waals surface area contributed by atoms with E-state index in [-0.39, 0.29) is 0 Å². The summed E-state index contributed by atoms with van der Waals surface area (Å²) in [6.45, 7) is 1.48. The first kappa shape index (κ1) is 10.0. The zero-order chi connectivity index (χ0) is 8.20. The second kappa shape index (κ2) is 4.04. The highest BCUT2D eigenvalue weighted by Gasteiger charge is 2.28. The number of hydrogen-bond donors (Lipinski definition) is 1. The van der Waals surface area contributed by atoms with E-state index in [0.717, 1.165) is 0 Å². The molecule has 4 heteroatoms. The van der Waals surface area contributed by atoms with Crippen LogP contribution in [0.1, 0.15) is 19.8 Å². The Hall–Kier alpha value is 0.0500. The van der Waals surface area contributed by atoms with Gasteiger partial charge in [0.2, 0.25) is 0 Å². The second-order valence-electron chi connectivity index (χ2n) is 2.30. The van der Waals surface area contributed by atoms with Gasteiger partial charge in [-0.1, -0.05) is 0 Å². The van der Waals surface area contributed by atoms with E-state index in [1.807, 2.05) is 0 Å². The summed E-state index contributed by atoms with van der Waals surface area (Å²) in [5.41, 5.74) is 0. The molecule has 1 unspecified atom stereocenters. The molecule has 0 aromatic heterocycles. The van der Waals surface area contributed by atoms with Crippen molar-refractivity contribution in [1.82, 2.24) is 0 Å².